The molecule has 0 amide bonds. The zero-order chi connectivity index (χ0) is 23.9. The molecule has 3 aliphatic rings. The molecule has 3 fully saturated rings. The van der Waals surface area contributed by atoms with E-state index in [1.807, 2.05) is 0 Å². The van der Waals surface area contributed by atoms with Crippen molar-refractivity contribution in [3.63, 3.8) is 0 Å². The maximum Gasteiger partial charge on any atom is 0.252 e. The lowest BCUT2D eigenvalue weighted by atomic mass is 9.60. The second-order valence-electron chi connectivity index (χ2n) is 12.9. The maximum atomic E-state index is 14.6. The number of allylic oxidation sites excluding steroid dienone is 5. The van der Waals surface area contributed by atoms with Gasteiger partial charge in [-0.15, -0.1) is 0 Å². The normalized spacial score (nSPS) is 36.3. The van der Waals surface area contributed by atoms with Gasteiger partial charge >= 0.3 is 0 Å². The zero-order valence-electron chi connectivity index (χ0n) is 21.9. The molecule has 32 heavy (non-hydrogen) atoms. The predicted molar refractivity (Wildman–Crippen MR) is 134 cm³/mol. The Bertz CT molecular complexity index is 733. The van der Waals surface area contributed by atoms with E-state index in [0.29, 0.717) is 36.0 Å². The van der Waals surface area contributed by atoms with E-state index in [0.717, 1.165) is 12.8 Å². The quantitative estimate of drug-likeness (QED) is 0.369. The first kappa shape index (κ1) is 25.7. The molecule has 0 radical (unpaired) electrons. The molecule has 0 bridgehead atoms. The van der Waals surface area contributed by atoms with Crippen LogP contribution in [0, 0.1) is 40.4 Å². The molecule has 0 N–H and O–H groups in total. The summed E-state index contributed by atoms with van der Waals surface area (Å²) in [5, 5.41) is 0. The summed E-state index contributed by atoms with van der Waals surface area (Å²) >= 11 is 0. The van der Waals surface area contributed by atoms with Crippen molar-refractivity contribution in [1.29, 1.82) is 0 Å². The van der Waals surface area contributed by atoms with Crippen LogP contribution in [0.1, 0.15) is 106 Å². The number of hydrogen-bond acceptors (Lipinski definition) is 0. The highest BCUT2D eigenvalue weighted by atomic mass is 19.3. The summed E-state index contributed by atoms with van der Waals surface area (Å²) in [7, 11) is 0. The Morgan fingerprint density at radius 2 is 1.72 bits per heavy atom. The van der Waals surface area contributed by atoms with Crippen molar-refractivity contribution in [2.24, 2.45) is 40.4 Å². The standard InChI is InChI=1S/C30H48F2/c1-20(15-17-30(31,32)28(5,6)7)26-13-14-27-25(10-9-16-29(26,27)8)12-11-24-18-21(2)23(4)22(3)19-24/h11-12,20-22,26-27H,4,9-10,13-19H2,1-3,5-8H3/b24-11?,25-12+. The highest BCUT2D eigenvalue weighted by molar-refractivity contribution is 5.28. The largest absolute Gasteiger partial charge is 0.252 e. The highest BCUT2D eigenvalue weighted by Gasteiger charge is 2.51. The van der Waals surface area contributed by atoms with Crippen molar-refractivity contribution in [2.75, 3.05) is 0 Å². The van der Waals surface area contributed by atoms with Gasteiger partial charge in [-0.1, -0.05) is 83.9 Å². The molecule has 0 spiro atoms. The first-order valence-electron chi connectivity index (χ1n) is 13.2. The number of rotatable bonds is 5. The Kier molecular flexibility index (Phi) is 7.53. The van der Waals surface area contributed by atoms with E-state index < -0.39 is 11.3 Å². The van der Waals surface area contributed by atoms with Gasteiger partial charge in [-0.2, -0.15) is 0 Å². The molecule has 0 aromatic heterocycles. The van der Waals surface area contributed by atoms with Crippen LogP contribution in [-0.4, -0.2) is 5.92 Å². The summed E-state index contributed by atoms with van der Waals surface area (Å²) in [5.74, 6) is 0.145. The van der Waals surface area contributed by atoms with Gasteiger partial charge in [-0.25, -0.2) is 8.78 Å². The molecule has 182 valence electrons. The molecule has 3 saturated carbocycles. The van der Waals surface area contributed by atoms with Crippen molar-refractivity contribution in [3.05, 3.63) is 35.5 Å². The van der Waals surface area contributed by atoms with Gasteiger partial charge < -0.3 is 0 Å². The molecular formula is C30H48F2. The number of fused-ring (bicyclic) bond motifs is 1. The molecule has 6 unspecified atom stereocenters. The minimum absolute atomic E-state index is 0.0192. The molecule has 6 atom stereocenters. The van der Waals surface area contributed by atoms with E-state index in [4.69, 9.17) is 0 Å². The van der Waals surface area contributed by atoms with Crippen LogP contribution < -0.4 is 0 Å². The summed E-state index contributed by atoms with van der Waals surface area (Å²) in [6.45, 7) is 18.6. The topological polar surface area (TPSA) is 0 Å². The van der Waals surface area contributed by atoms with Gasteiger partial charge in [0.1, 0.15) is 0 Å². The third kappa shape index (κ3) is 5.10. The molecule has 3 rings (SSSR count). The summed E-state index contributed by atoms with van der Waals surface area (Å²) in [5.41, 5.74) is 3.93. The van der Waals surface area contributed by atoms with Crippen LogP contribution in [-0.2, 0) is 0 Å². The molecule has 0 aliphatic heterocycles. The van der Waals surface area contributed by atoms with Gasteiger partial charge in [0, 0.05) is 11.8 Å². The molecule has 0 aromatic rings. The first-order chi connectivity index (χ1) is 14.8. The number of hydrogen-bond donors (Lipinski definition) is 0. The molecule has 0 nitrogen and oxygen atoms in total. The van der Waals surface area contributed by atoms with Crippen molar-refractivity contribution >= 4 is 0 Å². The fraction of sp³-hybridized carbons (Fsp3) is 0.800. The van der Waals surface area contributed by atoms with Gasteiger partial charge in [0.15, 0.2) is 0 Å². The van der Waals surface area contributed by atoms with Crippen molar-refractivity contribution in [3.8, 4) is 0 Å². The van der Waals surface area contributed by atoms with Crippen molar-refractivity contribution in [1.82, 2.24) is 0 Å². The molecule has 3 aliphatic carbocycles. The van der Waals surface area contributed by atoms with E-state index in [1.54, 1.807) is 31.9 Å². The summed E-state index contributed by atoms with van der Waals surface area (Å²) in [6, 6.07) is 0. The maximum absolute atomic E-state index is 14.6. The lowest BCUT2D eigenvalue weighted by molar-refractivity contribution is -0.108. The average molecular weight is 447 g/mol. The first-order valence-corrected chi connectivity index (χ1v) is 13.2. The lowest BCUT2D eigenvalue weighted by Gasteiger charge is -2.45. The second kappa shape index (κ2) is 9.38. The summed E-state index contributed by atoms with van der Waals surface area (Å²) < 4.78 is 29.2. The van der Waals surface area contributed by atoms with Gasteiger partial charge in [-0.3, -0.25) is 0 Å². The van der Waals surface area contributed by atoms with Crippen LogP contribution in [0.15, 0.2) is 35.5 Å². The van der Waals surface area contributed by atoms with Gasteiger partial charge in [0.25, 0.3) is 5.92 Å². The molecular weight excluding hydrogens is 398 g/mol. The zero-order valence-corrected chi connectivity index (χ0v) is 21.9. The third-order valence-corrected chi connectivity index (χ3v) is 9.67. The smallest absolute Gasteiger partial charge is 0.206 e. The average Bonchev–Trinajstić information content (AvgIpc) is 3.05. The Labute approximate surface area is 197 Å². The van der Waals surface area contributed by atoms with Crippen LogP contribution in [0.4, 0.5) is 8.78 Å². The van der Waals surface area contributed by atoms with Crippen molar-refractivity contribution < 1.29 is 8.78 Å². The van der Waals surface area contributed by atoms with Crippen molar-refractivity contribution in [2.45, 2.75) is 112 Å². The fourth-order valence-electron chi connectivity index (χ4n) is 7.18. The predicted octanol–water partition coefficient (Wildman–Crippen LogP) is 9.78. The number of alkyl halides is 2. The van der Waals surface area contributed by atoms with Crippen LogP contribution in [0.3, 0.4) is 0 Å². The van der Waals surface area contributed by atoms with E-state index in [1.165, 1.54) is 37.7 Å². The fourth-order valence-corrected chi connectivity index (χ4v) is 7.18. The Morgan fingerprint density at radius 1 is 1.09 bits per heavy atom. The van der Waals surface area contributed by atoms with Gasteiger partial charge in [0.2, 0.25) is 0 Å². The Morgan fingerprint density at radius 3 is 2.31 bits per heavy atom. The van der Waals surface area contributed by atoms with Crippen LogP contribution in [0.2, 0.25) is 0 Å². The lowest BCUT2D eigenvalue weighted by Crippen LogP contribution is -2.38. The monoisotopic (exact) mass is 446 g/mol. The highest BCUT2D eigenvalue weighted by Crippen LogP contribution is 2.60. The van der Waals surface area contributed by atoms with E-state index in [2.05, 4.69) is 46.4 Å². The minimum Gasteiger partial charge on any atom is -0.206 e. The Balaban J connectivity index is 1.70. The van der Waals surface area contributed by atoms with E-state index in [-0.39, 0.29) is 11.8 Å². The van der Waals surface area contributed by atoms with Gasteiger partial charge in [-0.05, 0) is 86.4 Å². The van der Waals surface area contributed by atoms with Crippen LogP contribution in [0.5, 0.6) is 0 Å². The summed E-state index contributed by atoms with van der Waals surface area (Å²) in [6.07, 6.45) is 14.0. The second-order valence-corrected chi connectivity index (χ2v) is 12.9. The van der Waals surface area contributed by atoms with E-state index in [9.17, 15) is 8.78 Å². The molecule has 0 aromatic carbocycles. The molecule has 2 heteroatoms. The van der Waals surface area contributed by atoms with Crippen LogP contribution >= 0.6 is 0 Å². The number of halogens is 2. The van der Waals surface area contributed by atoms with E-state index >= 15 is 0 Å². The minimum atomic E-state index is -2.59. The molecule has 0 heterocycles. The Hall–Kier alpha value is -0.920. The molecule has 0 saturated heterocycles. The van der Waals surface area contributed by atoms with Gasteiger partial charge in [0.05, 0.1) is 0 Å². The summed E-state index contributed by atoms with van der Waals surface area (Å²) in [4.78, 5) is 0. The SMILES string of the molecule is C=C1C(C)CC(=C/C=C2\CCCC3(C)C2CCC3C(C)CCC(F)(F)C(C)(C)C)CC1C. The third-order valence-electron chi connectivity index (χ3n) is 9.67. The van der Waals surface area contributed by atoms with Crippen LogP contribution in [0.25, 0.3) is 0 Å².